The molecule has 2 heteroatoms. The largest absolute Gasteiger partial charge is 0.316 e. The van der Waals surface area contributed by atoms with E-state index in [1.54, 1.807) is 11.1 Å². The van der Waals surface area contributed by atoms with Gasteiger partial charge < -0.3 is 5.32 Å². The van der Waals surface area contributed by atoms with Crippen LogP contribution in [0.2, 0.25) is 0 Å². The number of nitrogens with one attached hydrogen (secondary N) is 1. The van der Waals surface area contributed by atoms with Crippen LogP contribution in [0.1, 0.15) is 35.1 Å². The molecule has 1 fully saturated rings. The van der Waals surface area contributed by atoms with E-state index in [1.165, 1.54) is 56.6 Å². The fourth-order valence-electron chi connectivity index (χ4n) is 3.77. The van der Waals surface area contributed by atoms with Crippen molar-refractivity contribution in [3.63, 3.8) is 0 Å². The summed E-state index contributed by atoms with van der Waals surface area (Å²) >= 11 is 0. The van der Waals surface area contributed by atoms with Crippen LogP contribution < -0.4 is 5.32 Å². The van der Waals surface area contributed by atoms with Crippen LogP contribution in [0, 0.1) is 19.8 Å². The maximum atomic E-state index is 3.54. The van der Waals surface area contributed by atoms with Crippen molar-refractivity contribution in [2.24, 2.45) is 5.92 Å². The number of benzene rings is 1. The Morgan fingerprint density at radius 2 is 2.21 bits per heavy atom. The van der Waals surface area contributed by atoms with E-state index < -0.39 is 0 Å². The van der Waals surface area contributed by atoms with Crippen LogP contribution in [0.4, 0.5) is 0 Å². The van der Waals surface area contributed by atoms with Crippen molar-refractivity contribution in [3.05, 3.63) is 34.4 Å². The lowest BCUT2D eigenvalue weighted by Gasteiger charge is -2.34. The second kappa shape index (κ2) is 5.64. The average Bonchev–Trinajstić information content (AvgIpc) is 2.39. The van der Waals surface area contributed by atoms with E-state index in [2.05, 4.69) is 36.2 Å². The van der Waals surface area contributed by atoms with E-state index >= 15 is 0 Å². The molecule has 2 aliphatic heterocycles. The zero-order valence-electron chi connectivity index (χ0n) is 12.3. The van der Waals surface area contributed by atoms with Crippen LogP contribution in [0.3, 0.4) is 0 Å². The Kier molecular flexibility index (Phi) is 3.90. The fraction of sp³-hybridized carbons (Fsp3) is 0.647. The molecule has 0 saturated carbocycles. The van der Waals surface area contributed by atoms with Gasteiger partial charge in [-0.3, -0.25) is 4.90 Å². The van der Waals surface area contributed by atoms with E-state index in [-0.39, 0.29) is 0 Å². The highest BCUT2D eigenvalue weighted by Gasteiger charge is 2.21. The van der Waals surface area contributed by atoms with Gasteiger partial charge in [0.05, 0.1) is 0 Å². The van der Waals surface area contributed by atoms with Crippen LogP contribution in [-0.4, -0.2) is 31.1 Å². The van der Waals surface area contributed by atoms with Crippen molar-refractivity contribution in [3.8, 4) is 0 Å². The highest BCUT2D eigenvalue weighted by Crippen LogP contribution is 2.25. The average molecular weight is 258 g/mol. The summed E-state index contributed by atoms with van der Waals surface area (Å²) < 4.78 is 0. The predicted molar refractivity (Wildman–Crippen MR) is 80.5 cm³/mol. The molecule has 1 saturated heterocycles. The van der Waals surface area contributed by atoms with Crippen molar-refractivity contribution < 1.29 is 0 Å². The quantitative estimate of drug-likeness (QED) is 0.877. The number of aryl methyl sites for hydroxylation is 2. The number of piperidine rings is 1. The van der Waals surface area contributed by atoms with Crippen molar-refractivity contribution >= 4 is 0 Å². The minimum absolute atomic E-state index is 0.862. The van der Waals surface area contributed by atoms with Crippen LogP contribution in [-0.2, 0) is 13.0 Å². The van der Waals surface area contributed by atoms with Crippen LogP contribution in [0.15, 0.2) is 12.1 Å². The molecule has 0 amide bonds. The van der Waals surface area contributed by atoms with E-state index in [4.69, 9.17) is 0 Å². The number of hydrogen-bond acceptors (Lipinski definition) is 2. The van der Waals surface area contributed by atoms with E-state index in [0.29, 0.717) is 0 Å². The van der Waals surface area contributed by atoms with Gasteiger partial charge in [-0.1, -0.05) is 17.7 Å². The van der Waals surface area contributed by atoms with E-state index in [9.17, 15) is 0 Å². The first-order valence-electron chi connectivity index (χ1n) is 7.74. The van der Waals surface area contributed by atoms with Crippen molar-refractivity contribution in [1.29, 1.82) is 0 Å². The first-order valence-corrected chi connectivity index (χ1v) is 7.74. The predicted octanol–water partition coefficient (Wildman–Crippen LogP) is 2.66. The van der Waals surface area contributed by atoms with Gasteiger partial charge in [0.2, 0.25) is 0 Å². The summed E-state index contributed by atoms with van der Waals surface area (Å²) in [5.74, 6) is 0.862. The third kappa shape index (κ3) is 3.01. The molecule has 2 heterocycles. The van der Waals surface area contributed by atoms with Crippen molar-refractivity contribution in [1.82, 2.24) is 10.2 Å². The SMILES string of the molecule is Cc1cc(C)c2c(c1)CN(CC1CCCNC1)CC2. The molecule has 1 aromatic carbocycles. The summed E-state index contributed by atoms with van der Waals surface area (Å²) in [5.41, 5.74) is 6.10. The van der Waals surface area contributed by atoms with E-state index in [0.717, 1.165) is 12.5 Å². The summed E-state index contributed by atoms with van der Waals surface area (Å²) in [7, 11) is 0. The minimum Gasteiger partial charge on any atom is -0.316 e. The summed E-state index contributed by atoms with van der Waals surface area (Å²) in [4.78, 5) is 2.67. The third-order valence-corrected chi connectivity index (χ3v) is 4.70. The van der Waals surface area contributed by atoms with Gasteiger partial charge in [0.25, 0.3) is 0 Å². The molecule has 1 atom stereocenters. The first-order chi connectivity index (χ1) is 9.22. The van der Waals surface area contributed by atoms with E-state index in [1.807, 2.05) is 0 Å². The number of rotatable bonds is 2. The molecule has 1 N–H and O–H groups in total. The van der Waals surface area contributed by atoms with Gasteiger partial charge in [-0.05, 0) is 68.8 Å². The Labute approximate surface area is 117 Å². The maximum Gasteiger partial charge on any atom is 0.0236 e. The van der Waals surface area contributed by atoms with Crippen molar-refractivity contribution in [2.45, 2.75) is 39.7 Å². The summed E-state index contributed by atoms with van der Waals surface area (Å²) in [6.07, 6.45) is 4.00. The summed E-state index contributed by atoms with van der Waals surface area (Å²) in [5, 5.41) is 3.54. The molecular weight excluding hydrogens is 232 g/mol. The molecule has 0 radical (unpaired) electrons. The molecule has 1 unspecified atom stereocenters. The summed E-state index contributed by atoms with van der Waals surface area (Å²) in [6, 6.07) is 4.73. The molecule has 104 valence electrons. The summed E-state index contributed by atoms with van der Waals surface area (Å²) in [6.45, 7) is 10.6. The van der Waals surface area contributed by atoms with Crippen LogP contribution in [0.5, 0.6) is 0 Å². The lowest BCUT2D eigenvalue weighted by atomic mass is 9.92. The smallest absolute Gasteiger partial charge is 0.0236 e. The zero-order chi connectivity index (χ0) is 13.2. The van der Waals surface area contributed by atoms with Gasteiger partial charge in [-0.15, -0.1) is 0 Å². The standard InChI is InChI=1S/C17H26N2/c1-13-8-14(2)17-5-7-19(12-16(17)9-13)11-15-4-3-6-18-10-15/h8-9,15,18H,3-7,10-12H2,1-2H3. The minimum atomic E-state index is 0.862. The molecule has 2 aliphatic rings. The Morgan fingerprint density at radius 1 is 1.32 bits per heavy atom. The molecule has 0 spiro atoms. The van der Waals surface area contributed by atoms with Gasteiger partial charge in [-0.25, -0.2) is 0 Å². The molecule has 1 aromatic rings. The Hall–Kier alpha value is -0.860. The topological polar surface area (TPSA) is 15.3 Å². The number of nitrogens with zero attached hydrogens (tertiary/aromatic N) is 1. The fourth-order valence-corrected chi connectivity index (χ4v) is 3.77. The van der Waals surface area contributed by atoms with Gasteiger partial charge in [-0.2, -0.15) is 0 Å². The van der Waals surface area contributed by atoms with Crippen molar-refractivity contribution in [2.75, 3.05) is 26.2 Å². The highest BCUT2D eigenvalue weighted by atomic mass is 15.1. The van der Waals surface area contributed by atoms with Gasteiger partial charge >= 0.3 is 0 Å². The monoisotopic (exact) mass is 258 g/mol. The molecule has 0 aromatic heterocycles. The Balaban J connectivity index is 1.67. The lowest BCUT2D eigenvalue weighted by molar-refractivity contribution is 0.193. The Bertz CT molecular complexity index is 447. The third-order valence-electron chi connectivity index (χ3n) is 4.70. The van der Waals surface area contributed by atoms with Crippen LogP contribution in [0.25, 0.3) is 0 Å². The highest BCUT2D eigenvalue weighted by molar-refractivity contribution is 5.39. The second-order valence-electron chi connectivity index (χ2n) is 6.42. The van der Waals surface area contributed by atoms with Gasteiger partial charge in [0.1, 0.15) is 0 Å². The Morgan fingerprint density at radius 3 is 3.00 bits per heavy atom. The second-order valence-corrected chi connectivity index (χ2v) is 6.42. The van der Waals surface area contributed by atoms with Gasteiger partial charge in [0, 0.05) is 19.6 Å². The molecule has 19 heavy (non-hydrogen) atoms. The van der Waals surface area contributed by atoms with Gasteiger partial charge in [0.15, 0.2) is 0 Å². The molecule has 0 bridgehead atoms. The number of fused-ring (bicyclic) bond motifs is 1. The first kappa shape index (κ1) is 13.1. The number of hydrogen-bond donors (Lipinski definition) is 1. The molecule has 0 aliphatic carbocycles. The van der Waals surface area contributed by atoms with Crippen LogP contribution >= 0.6 is 0 Å². The maximum absolute atomic E-state index is 3.54. The normalized spacial score (nSPS) is 24.2. The molecule has 2 nitrogen and oxygen atoms in total. The lowest BCUT2D eigenvalue weighted by Crippen LogP contribution is -2.40. The molecular formula is C17H26N2. The zero-order valence-corrected chi connectivity index (χ0v) is 12.3. The molecule has 3 rings (SSSR count).